The molecule has 1 aromatic carbocycles. The van der Waals surface area contributed by atoms with E-state index in [4.69, 9.17) is 10.8 Å². The van der Waals surface area contributed by atoms with E-state index >= 15 is 0 Å². The van der Waals surface area contributed by atoms with Gasteiger partial charge in [0.15, 0.2) is 0 Å². The molecule has 5 heteroatoms. The van der Waals surface area contributed by atoms with Gasteiger partial charge in [-0.25, -0.2) is 0 Å². The van der Waals surface area contributed by atoms with E-state index in [9.17, 15) is 4.79 Å². The van der Waals surface area contributed by atoms with E-state index in [0.29, 0.717) is 6.42 Å². The second-order valence-electron chi connectivity index (χ2n) is 2.63. The summed E-state index contributed by atoms with van der Waals surface area (Å²) in [6.45, 7) is 0. The summed E-state index contributed by atoms with van der Waals surface area (Å²) in [6, 6.07) is 8.54. The van der Waals surface area contributed by atoms with Gasteiger partial charge in [0.2, 0.25) is 0 Å². The Morgan fingerprint density at radius 3 is 2.36 bits per heavy atom. The molecule has 1 aromatic rings. The van der Waals surface area contributed by atoms with Gasteiger partial charge >= 0.3 is 35.5 Å². The first-order valence-corrected chi connectivity index (χ1v) is 3.72. The van der Waals surface area contributed by atoms with Gasteiger partial charge in [-0.3, -0.25) is 4.79 Å². The molecule has 0 fully saturated rings. The van der Waals surface area contributed by atoms with Crippen molar-refractivity contribution in [3.63, 3.8) is 0 Å². The Bertz CT molecular complexity index is 271. The molecule has 5 N–H and O–H groups in total. The van der Waals surface area contributed by atoms with Gasteiger partial charge in [0, 0.05) is 0 Å². The van der Waals surface area contributed by atoms with Gasteiger partial charge in [-0.15, -0.1) is 0 Å². The number of nitrogens with two attached hydrogens (primary N) is 1. The number of carboxylic acids is 1. The topological polar surface area (TPSA) is 94.8 Å². The average Bonchev–Trinajstić information content (AvgIpc) is 2.06. The number of carbonyl (C=O) groups is 1. The largest absolute Gasteiger partial charge is 1.00 e. The van der Waals surface area contributed by atoms with E-state index in [1.54, 1.807) is 0 Å². The fourth-order valence-corrected chi connectivity index (χ4v) is 0.955. The van der Waals surface area contributed by atoms with Gasteiger partial charge in [0.1, 0.15) is 6.04 Å². The molecule has 0 aliphatic carbocycles. The molecule has 0 saturated heterocycles. The van der Waals surface area contributed by atoms with Crippen LogP contribution in [0.15, 0.2) is 30.3 Å². The zero-order chi connectivity index (χ0) is 8.97. The van der Waals surface area contributed by atoms with Crippen molar-refractivity contribution in [1.29, 1.82) is 0 Å². The van der Waals surface area contributed by atoms with Crippen molar-refractivity contribution in [1.82, 2.24) is 0 Å². The Hall–Kier alpha value is -0.390. The Kier molecular flexibility index (Phi) is 9.13. The van der Waals surface area contributed by atoms with Gasteiger partial charge in [0.25, 0.3) is 0 Å². The number of carboxylic acid groups (broad SMARTS) is 1. The third-order valence-corrected chi connectivity index (χ3v) is 1.62. The van der Waals surface area contributed by atoms with E-state index in [-0.39, 0.29) is 36.5 Å². The Morgan fingerprint density at radius 2 is 1.93 bits per heavy atom. The van der Waals surface area contributed by atoms with Crippen LogP contribution >= 0.6 is 0 Å². The first-order valence-electron chi connectivity index (χ1n) is 3.72. The summed E-state index contributed by atoms with van der Waals surface area (Å²) in [4.78, 5) is 10.4. The van der Waals surface area contributed by atoms with E-state index in [1.165, 1.54) is 0 Å². The van der Waals surface area contributed by atoms with Crippen molar-refractivity contribution in [2.24, 2.45) is 5.73 Å². The molecular weight excluding hydrogens is 193 g/mol. The van der Waals surface area contributed by atoms with E-state index in [1.807, 2.05) is 30.3 Å². The second-order valence-corrected chi connectivity index (χ2v) is 2.63. The van der Waals surface area contributed by atoms with E-state index in [2.05, 4.69) is 0 Å². The van der Waals surface area contributed by atoms with Crippen LogP contribution in [0.5, 0.6) is 0 Å². The van der Waals surface area contributed by atoms with Crippen LogP contribution in [0.25, 0.3) is 0 Å². The van der Waals surface area contributed by atoms with E-state index < -0.39 is 12.0 Å². The Labute approximate surface area is 106 Å². The van der Waals surface area contributed by atoms with Crippen LogP contribution in [0, 0.1) is 0 Å². The van der Waals surface area contributed by atoms with Crippen molar-refractivity contribution < 1.29 is 46.4 Å². The smallest absolute Gasteiger partial charge is 1.00 e. The normalized spacial score (nSPS) is 10.6. The number of aliphatic carboxylic acids is 1. The maximum atomic E-state index is 10.4. The zero-order valence-electron chi connectivity index (χ0n) is 9.10. The van der Waals surface area contributed by atoms with Crippen molar-refractivity contribution in [3.8, 4) is 0 Å². The molecule has 1 rings (SSSR count). The van der Waals surface area contributed by atoms with Crippen LogP contribution < -0.4 is 35.3 Å². The predicted octanol–water partition coefficient (Wildman–Crippen LogP) is -3.07. The quantitative estimate of drug-likeness (QED) is 0.515. The van der Waals surface area contributed by atoms with Crippen LogP contribution in [0.1, 0.15) is 6.99 Å². The van der Waals surface area contributed by atoms with Crippen LogP contribution in [-0.4, -0.2) is 22.6 Å². The second kappa shape index (κ2) is 7.96. The van der Waals surface area contributed by atoms with Gasteiger partial charge in [0.05, 0.1) is 0 Å². The predicted molar refractivity (Wildman–Crippen MR) is 50.5 cm³/mol. The van der Waals surface area contributed by atoms with Crippen molar-refractivity contribution in [2.75, 3.05) is 0 Å². The summed E-state index contributed by atoms with van der Waals surface area (Å²) in [5, 5.41) is 8.52. The standard InChI is InChI=1S/C9H11NO2.Na.H2O.H/c10-8(9(11)12)6-7-4-2-1-3-5-7;;;/h1-5,8H,6,10H2,(H,11,12);;1H2;/q;+1;;-1. The van der Waals surface area contributed by atoms with Gasteiger partial charge < -0.3 is 17.7 Å². The summed E-state index contributed by atoms with van der Waals surface area (Å²) in [7, 11) is 0. The molecule has 0 bridgehead atoms. The molecule has 0 aliphatic heterocycles. The minimum Gasteiger partial charge on any atom is -1.00 e. The summed E-state index contributed by atoms with van der Waals surface area (Å²) in [5.41, 5.74) is 6.30. The third-order valence-electron chi connectivity index (χ3n) is 1.62. The summed E-state index contributed by atoms with van der Waals surface area (Å²) in [6.07, 6.45) is 0.385. The van der Waals surface area contributed by atoms with Crippen molar-refractivity contribution >= 4 is 5.97 Å². The molecule has 4 nitrogen and oxygen atoms in total. The molecular formula is C9H14NNaO3. The SMILES string of the molecule is NC(Cc1ccccc1)C(=O)O.O.[H-].[Na+]. The zero-order valence-corrected chi connectivity index (χ0v) is 10.1. The number of hydrogen-bond donors (Lipinski definition) is 2. The summed E-state index contributed by atoms with van der Waals surface area (Å²) < 4.78 is 0. The molecule has 0 aliphatic rings. The molecule has 0 spiro atoms. The van der Waals surface area contributed by atoms with Crippen molar-refractivity contribution in [2.45, 2.75) is 12.5 Å². The Morgan fingerprint density at radius 1 is 1.43 bits per heavy atom. The van der Waals surface area contributed by atoms with Crippen LogP contribution in [0.4, 0.5) is 0 Å². The van der Waals surface area contributed by atoms with Crippen LogP contribution in [-0.2, 0) is 11.2 Å². The molecule has 74 valence electrons. The Balaban J connectivity index is -0.000000480. The molecule has 0 heterocycles. The minimum atomic E-state index is -0.959. The van der Waals surface area contributed by atoms with Gasteiger partial charge in [-0.1, -0.05) is 30.3 Å². The van der Waals surface area contributed by atoms with Gasteiger partial charge in [-0.05, 0) is 12.0 Å². The monoisotopic (exact) mass is 207 g/mol. The van der Waals surface area contributed by atoms with Crippen LogP contribution in [0.2, 0.25) is 0 Å². The summed E-state index contributed by atoms with van der Waals surface area (Å²) in [5.74, 6) is -0.959. The fraction of sp³-hybridized carbons (Fsp3) is 0.222. The van der Waals surface area contributed by atoms with Crippen LogP contribution in [0.3, 0.4) is 0 Å². The third kappa shape index (κ3) is 5.36. The maximum Gasteiger partial charge on any atom is 1.00 e. The molecule has 14 heavy (non-hydrogen) atoms. The first-order chi connectivity index (χ1) is 5.70. The maximum absolute atomic E-state index is 10.4. The first kappa shape index (κ1) is 16.1. The number of rotatable bonds is 3. The molecule has 0 aromatic heterocycles. The summed E-state index contributed by atoms with van der Waals surface area (Å²) >= 11 is 0. The molecule has 0 radical (unpaired) electrons. The molecule has 1 atom stereocenters. The average molecular weight is 207 g/mol. The van der Waals surface area contributed by atoms with E-state index in [0.717, 1.165) is 5.56 Å². The van der Waals surface area contributed by atoms with Crippen molar-refractivity contribution in [3.05, 3.63) is 35.9 Å². The fourth-order valence-electron chi connectivity index (χ4n) is 0.955. The minimum absolute atomic E-state index is 0. The van der Waals surface area contributed by atoms with Gasteiger partial charge in [-0.2, -0.15) is 0 Å². The number of benzene rings is 1. The molecule has 0 amide bonds. The molecule has 1 unspecified atom stereocenters. The molecule has 0 saturated carbocycles. The number of hydrogen-bond acceptors (Lipinski definition) is 2.